The summed E-state index contributed by atoms with van der Waals surface area (Å²) in [6.07, 6.45) is 0.270. The number of carbonyl (C=O) groups is 2. The lowest BCUT2D eigenvalue weighted by molar-refractivity contribution is -0.140. The largest absolute Gasteiger partial charge is 0.352 e. The van der Waals surface area contributed by atoms with Crippen LogP contribution < -0.4 is 9.62 Å². The monoisotopic (exact) mass is 611 g/mol. The molecule has 4 aromatic carbocycles. The summed E-state index contributed by atoms with van der Waals surface area (Å²) in [6.45, 7) is 9.04. The molecule has 1 N–H and O–H groups in total. The molecule has 0 saturated heterocycles. The van der Waals surface area contributed by atoms with Gasteiger partial charge in [-0.1, -0.05) is 90.5 Å². The van der Waals surface area contributed by atoms with E-state index in [4.69, 9.17) is 0 Å². The molecule has 0 aliphatic rings. The minimum Gasteiger partial charge on any atom is -0.352 e. The quantitative estimate of drug-likeness (QED) is 0.214. The second kappa shape index (κ2) is 14.4. The summed E-state index contributed by atoms with van der Waals surface area (Å²) in [5, 5.41) is 2.98. The Morgan fingerprint density at radius 2 is 1.34 bits per heavy atom. The van der Waals surface area contributed by atoms with Crippen molar-refractivity contribution in [3.63, 3.8) is 0 Å². The van der Waals surface area contributed by atoms with Crippen molar-refractivity contribution < 1.29 is 18.0 Å². The first-order valence-electron chi connectivity index (χ1n) is 14.8. The van der Waals surface area contributed by atoms with E-state index in [1.165, 1.54) is 9.21 Å². The van der Waals surface area contributed by atoms with Crippen LogP contribution in [0.3, 0.4) is 0 Å². The van der Waals surface area contributed by atoms with Crippen molar-refractivity contribution in [3.8, 4) is 0 Å². The second-order valence-electron chi connectivity index (χ2n) is 11.4. The number of anilines is 1. The van der Waals surface area contributed by atoms with Crippen LogP contribution in [0.5, 0.6) is 0 Å². The molecule has 0 radical (unpaired) electrons. The highest BCUT2D eigenvalue weighted by atomic mass is 32.2. The van der Waals surface area contributed by atoms with Crippen LogP contribution in [-0.4, -0.2) is 43.8 Å². The lowest BCUT2D eigenvalue weighted by Crippen LogP contribution is -2.54. The van der Waals surface area contributed by atoms with Crippen molar-refractivity contribution in [2.45, 2.75) is 64.6 Å². The molecular weight excluding hydrogens is 570 g/mol. The lowest BCUT2D eigenvalue weighted by Gasteiger charge is -2.34. The normalized spacial score (nSPS) is 12.0. The van der Waals surface area contributed by atoms with Crippen LogP contribution in [0.25, 0.3) is 0 Å². The molecule has 1 atom stereocenters. The van der Waals surface area contributed by atoms with Gasteiger partial charge in [0.2, 0.25) is 11.8 Å². The molecule has 0 fully saturated rings. The van der Waals surface area contributed by atoms with E-state index in [1.807, 2.05) is 101 Å². The molecule has 4 rings (SSSR count). The summed E-state index contributed by atoms with van der Waals surface area (Å²) in [5.41, 5.74) is 4.72. The van der Waals surface area contributed by atoms with Gasteiger partial charge in [0.1, 0.15) is 12.6 Å². The van der Waals surface area contributed by atoms with Gasteiger partial charge in [-0.15, -0.1) is 0 Å². The fraction of sp³-hybridized carbons (Fsp3) is 0.278. The Bertz CT molecular complexity index is 1670. The number of carbonyl (C=O) groups excluding carboxylic acids is 2. The number of hydrogen-bond acceptors (Lipinski definition) is 4. The molecule has 230 valence electrons. The van der Waals surface area contributed by atoms with Gasteiger partial charge in [0.15, 0.2) is 0 Å². The van der Waals surface area contributed by atoms with Gasteiger partial charge in [0, 0.05) is 19.0 Å². The summed E-state index contributed by atoms with van der Waals surface area (Å²) < 4.78 is 29.7. The van der Waals surface area contributed by atoms with E-state index in [0.717, 1.165) is 27.8 Å². The molecule has 7 nitrogen and oxygen atoms in total. The van der Waals surface area contributed by atoms with Gasteiger partial charge < -0.3 is 10.2 Å². The van der Waals surface area contributed by atoms with Crippen molar-refractivity contribution >= 4 is 27.5 Å². The zero-order valence-electron chi connectivity index (χ0n) is 26.0. The van der Waals surface area contributed by atoms with E-state index >= 15 is 0 Å². The van der Waals surface area contributed by atoms with Gasteiger partial charge in [-0.3, -0.25) is 13.9 Å². The first-order chi connectivity index (χ1) is 21.0. The number of nitrogens with zero attached hydrogens (tertiary/aromatic N) is 2. The maximum Gasteiger partial charge on any atom is 0.264 e. The maximum atomic E-state index is 14.5. The minimum absolute atomic E-state index is 0.0878. The first-order valence-corrected chi connectivity index (χ1v) is 16.2. The van der Waals surface area contributed by atoms with Crippen molar-refractivity contribution in [1.29, 1.82) is 0 Å². The third-order valence-corrected chi connectivity index (χ3v) is 9.40. The Morgan fingerprint density at radius 1 is 0.750 bits per heavy atom. The summed E-state index contributed by atoms with van der Waals surface area (Å²) in [5.74, 6) is -0.780. The Hall–Kier alpha value is -4.43. The number of sulfonamides is 1. The highest BCUT2D eigenvalue weighted by Gasteiger charge is 2.35. The Balaban J connectivity index is 1.82. The average molecular weight is 612 g/mol. The van der Waals surface area contributed by atoms with Gasteiger partial charge in [0.05, 0.1) is 10.6 Å². The molecule has 0 bridgehead atoms. The molecule has 0 aliphatic carbocycles. The third kappa shape index (κ3) is 7.94. The third-order valence-electron chi connectivity index (χ3n) is 7.63. The van der Waals surface area contributed by atoms with Crippen LogP contribution in [0.15, 0.2) is 108 Å². The highest BCUT2D eigenvalue weighted by Crippen LogP contribution is 2.29. The van der Waals surface area contributed by atoms with E-state index < -0.39 is 28.5 Å². The topological polar surface area (TPSA) is 86.8 Å². The Morgan fingerprint density at radius 3 is 1.93 bits per heavy atom. The fourth-order valence-corrected chi connectivity index (χ4v) is 6.54. The maximum absolute atomic E-state index is 14.5. The van der Waals surface area contributed by atoms with Gasteiger partial charge in [-0.25, -0.2) is 8.42 Å². The highest BCUT2D eigenvalue weighted by molar-refractivity contribution is 7.92. The molecule has 2 amide bonds. The van der Waals surface area contributed by atoms with Crippen LogP contribution in [-0.2, 0) is 32.6 Å². The number of nitrogens with one attached hydrogen (secondary N) is 1. The number of aryl methyl sites for hydroxylation is 2. The number of amides is 2. The van der Waals surface area contributed by atoms with Crippen LogP contribution in [0.1, 0.15) is 41.7 Å². The van der Waals surface area contributed by atoms with Gasteiger partial charge in [0.25, 0.3) is 10.0 Å². The van der Waals surface area contributed by atoms with Crippen LogP contribution in [0.2, 0.25) is 0 Å². The summed E-state index contributed by atoms with van der Waals surface area (Å²) in [6, 6.07) is 29.9. The predicted molar refractivity (Wildman–Crippen MR) is 176 cm³/mol. The predicted octanol–water partition coefficient (Wildman–Crippen LogP) is 5.97. The standard InChI is InChI=1S/C36H41N3O4S/c1-26(2)37-36(41)34(23-30-14-8-6-9-15-30)38(24-31-16-10-7-11-17-31)35(40)25-39(33-18-12-13-28(4)29(33)5)44(42,43)32-21-19-27(3)20-22-32/h6-22,26,34H,23-25H2,1-5H3,(H,37,41)/t34-/m1/s1. The molecular formula is C36H41N3O4S. The van der Waals surface area contributed by atoms with Gasteiger partial charge in [-0.05, 0) is 75.1 Å². The Labute approximate surface area is 261 Å². The Kier molecular flexibility index (Phi) is 10.6. The lowest BCUT2D eigenvalue weighted by atomic mass is 10.0. The minimum atomic E-state index is -4.15. The smallest absolute Gasteiger partial charge is 0.264 e. The number of benzene rings is 4. The van der Waals surface area contributed by atoms with E-state index in [1.54, 1.807) is 36.4 Å². The van der Waals surface area contributed by atoms with E-state index in [2.05, 4.69) is 5.32 Å². The zero-order chi connectivity index (χ0) is 31.9. The van der Waals surface area contributed by atoms with Crippen molar-refractivity contribution in [3.05, 3.63) is 131 Å². The molecule has 0 unspecified atom stereocenters. The van der Waals surface area contributed by atoms with E-state index in [9.17, 15) is 18.0 Å². The van der Waals surface area contributed by atoms with Crippen molar-refractivity contribution in [2.75, 3.05) is 10.8 Å². The van der Waals surface area contributed by atoms with E-state index in [0.29, 0.717) is 5.69 Å². The summed E-state index contributed by atoms with van der Waals surface area (Å²) in [7, 11) is -4.15. The molecule has 8 heteroatoms. The number of rotatable bonds is 12. The zero-order valence-corrected chi connectivity index (χ0v) is 26.8. The molecule has 0 aromatic heterocycles. The van der Waals surface area contributed by atoms with E-state index in [-0.39, 0.29) is 29.8 Å². The van der Waals surface area contributed by atoms with Gasteiger partial charge >= 0.3 is 0 Å². The molecule has 0 spiro atoms. The average Bonchev–Trinajstić information content (AvgIpc) is 3.00. The van der Waals surface area contributed by atoms with Crippen molar-refractivity contribution in [1.82, 2.24) is 10.2 Å². The first kappa shape index (κ1) is 32.5. The second-order valence-corrected chi connectivity index (χ2v) is 13.3. The summed E-state index contributed by atoms with van der Waals surface area (Å²) >= 11 is 0. The molecule has 0 saturated carbocycles. The molecule has 0 aliphatic heterocycles. The molecule has 4 aromatic rings. The van der Waals surface area contributed by atoms with Gasteiger partial charge in [-0.2, -0.15) is 0 Å². The SMILES string of the molecule is Cc1ccc(S(=O)(=O)N(CC(=O)N(Cc2ccccc2)[C@H](Cc2ccccc2)C(=O)NC(C)C)c2cccc(C)c2C)cc1. The summed E-state index contributed by atoms with van der Waals surface area (Å²) in [4.78, 5) is 29.9. The van der Waals surface area contributed by atoms with Crippen LogP contribution in [0, 0.1) is 20.8 Å². The van der Waals surface area contributed by atoms with Crippen molar-refractivity contribution in [2.24, 2.45) is 0 Å². The van der Waals surface area contributed by atoms with Crippen LogP contribution in [0.4, 0.5) is 5.69 Å². The number of hydrogen-bond donors (Lipinski definition) is 1. The molecule has 44 heavy (non-hydrogen) atoms. The fourth-order valence-electron chi connectivity index (χ4n) is 5.07. The molecule has 0 heterocycles. The van der Waals surface area contributed by atoms with Crippen LogP contribution >= 0.6 is 0 Å².